The lowest BCUT2D eigenvalue weighted by Crippen LogP contribution is -2.24. The van der Waals surface area contributed by atoms with Gasteiger partial charge in [0.25, 0.3) is 5.91 Å². The Kier molecular flexibility index (Phi) is 1.97. The fourth-order valence-corrected chi connectivity index (χ4v) is 2.59. The van der Waals surface area contributed by atoms with Gasteiger partial charge >= 0.3 is 0 Å². The smallest absolute Gasteiger partial charge is 0.266 e. The lowest BCUT2D eigenvalue weighted by Gasteiger charge is -2.31. The van der Waals surface area contributed by atoms with Crippen molar-refractivity contribution in [2.24, 2.45) is 11.3 Å². The molecule has 0 aromatic heterocycles. The first-order valence-corrected chi connectivity index (χ1v) is 5.13. The highest BCUT2D eigenvalue weighted by Gasteiger charge is 2.37. The molecule has 1 amide bonds. The van der Waals surface area contributed by atoms with Crippen LogP contribution in [-0.2, 0) is 4.79 Å². The van der Waals surface area contributed by atoms with Crippen molar-refractivity contribution in [1.29, 1.82) is 5.26 Å². The van der Waals surface area contributed by atoms with Gasteiger partial charge in [-0.1, -0.05) is 26.8 Å². The van der Waals surface area contributed by atoms with Crippen LogP contribution in [0.25, 0.3) is 0 Å². The van der Waals surface area contributed by atoms with Crippen molar-refractivity contribution >= 4 is 5.91 Å². The predicted molar refractivity (Wildman–Crippen MR) is 56.4 cm³/mol. The number of nitriles is 1. The number of carbonyl (C=O) groups is 1. The summed E-state index contributed by atoms with van der Waals surface area (Å²) >= 11 is 0. The molecule has 0 saturated carbocycles. The number of nitrogens with one attached hydrogen (secondary N) is 1. The second-order valence-corrected chi connectivity index (χ2v) is 5.01. The summed E-state index contributed by atoms with van der Waals surface area (Å²) in [5.41, 5.74) is 2.14. The van der Waals surface area contributed by atoms with Gasteiger partial charge in [-0.2, -0.15) is 5.26 Å². The highest BCUT2D eigenvalue weighted by Crippen LogP contribution is 2.42. The summed E-state index contributed by atoms with van der Waals surface area (Å²) in [6.45, 7) is 6.36. The zero-order valence-electron chi connectivity index (χ0n) is 9.22. The average Bonchev–Trinajstić information content (AvgIpc) is 2.38. The minimum absolute atomic E-state index is 0.0937. The molecule has 15 heavy (non-hydrogen) atoms. The monoisotopic (exact) mass is 202 g/mol. The number of hydrogen-bond donors (Lipinski definition) is 1. The summed E-state index contributed by atoms with van der Waals surface area (Å²) in [6.07, 6.45) is 3.04. The van der Waals surface area contributed by atoms with Crippen molar-refractivity contribution in [1.82, 2.24) is 5.32 Å². The van der Waals surface area contributed by atoms with Crippen LogP contribution in [0.3, 0.4) is 0 Å². The third kappa shape index (κ3) is 1.46. The molecule has 0 aromatic carbocycles. The molecule has 1 atom stereocenters. The number of hydrogen-bond acceptors (Lipinski definition) is 2. The lowest BCUT2D eigenvalue weighted by molar-refractivity contribution is -0.115. The summed E-state index contributed by atoms with van der Waals surface area (Å²) in [7, 11) is 0. The predicted octanol–water partition coefficient (Wildman–Crippen LogP) is 1.89. The SMILES string of the molecule is CC1CC(C)(C)C=C2NC(=O)C(C#N)=C21. The summed E-state index contributed by atoms with van der Waals surface area (Å²) in [6, 6.07) is 2.00. The van der Waals surface area contributed by atoms with Crippen molar-refractivity contribution in [3.8, 4) is 6.07 Å². The van der Waals surface area contributed by atoms with Crippen molar-refractivity contribution in [2.75, 3.05) is 0 Å². The lowest BCUT2D eigenvalue weighted by atomic mass is 9.74. The first-order chi connectivity index (χ1) is 6.94. The number of amides is 1. The van der Waals surface area contributed by atoms with E-state index in [1.54, 1.807) is 0 Å². The Hall–Kier alpha value is -1.56. The third-order valence-electron chi connectivity index (χ3n) is 3.01. The first kappa shape index (κ1) is 9.97. The summed E-state index contributed by atoms with van der Waals surface area (Å²) in [5, 5.41) is 11.7. The molecule has 1 aliphatic carbocycles. The molecule has 78 valence electrons. The van der Waals surface area contributed by atoms with E-state index in [1.165, 1.54) is 0 Å². The van der Waals surface area contributed by atoms with Gasteiger partial charge < -0.3 is 5.32 Å². The van der Waals surface area contributed by atoms with E-state index in [0.29, 0.717) is 5.57 Å². The molecule has 0 spiro atoms. The van der Waals surface area contributed by atoms with Gasteiger partial charge in [-0.3, -0.25) is 4.79 Å². The summed E-state index contributed by atoms with van der Waals surface area (Å²) in [4.78, 5) is 11.5. The maximum absolute atomic E-state index is 11.5. The van der Waals surface area contributed by atoms with Gasteiger partial charge in [0.2, 0.25) is 0 Å². The van der Waals surface area contributed by atoms with Crippen molar-refractivity contribution in [3.05, 3.63) is 22.9 Å². The van der Waals surface area contributed by atoms with Gasteiger partial charge in [0.15, 0.2) is 0 Å². The van der Waals surface area contributed by atoms with Gasteiger partial charge in [0.1, 0.15) is 11.6 Å². The van der Waals surface area contributed by atoms with Crippen molar-refractivity contribution in [3.63, 3.8) is 0 Å². The van der Waals surface area contributed by atoms with E-state index < -0.39 is 0 Å². The Morgan fingerprint density at radius 2 is 2.27 bits per heavy atom. The van der Waals surface area contributed by atoms with Crippen LogP contribution >= 0.6 is 0 Å². The molecule has 0 radical (unpaired) electrons. The van der Waals surface area contributed by atoms with Gasteiger partial charge in [0, 0.05) is 11.3 Å². The van der Waals surface area contributed by atoms with Crippen LogP contribution in [0.5, 0.6) is 0 Å². The largest absolute Gasteiger partial charge is 0.321 e. The minimum Gasteiger partial charge on any atom is -0.321 e. The molecule has 1 aliphatic heterocycles. The maximum atomic E-state index is 11.5. The fraction of sp³-hybridized carbons (Fsp3) is 0.500. The molecule has 2 rings (SSSR count). The van der Waals surface area contributed by atoms with Crippen molar-refractivity contribution in [2.45, 2.75) is 27.2 Å². The third-order valence-corrected chi connectivity index (χ3v) is 3.01. The van der Waals surface area contributed by atoms with E-state index in [4.69, 9.17) is 5.26 Å². The standard InChI is InChI=1S/C12H14N2O/c1-7-4-12(2,3)5-9-10(7)8(6-13)11(15)14-9/h5,7H,4H2,1-3H3,(H,14,15). The zero-order chi connectivity index (χ0) is 11.2. The average molecular weight is 202 g/mol. The van der Waals surface area contributed by atoms with E-state index >= 15 is 0 Å². The number of fused-ring (bicyclic) bond motifs is 1. The highest BCUT2D eigenvalue weighted by atomic mass is 16.1. The molecule has 2 aliphatic rings. The van der Waals surface area contributed by atoms with E-state index in [-0.39, 0.29) is 17.2 Å². The summed E-state index contributed by atoms with van der Waals surface area (Å²) in [5.74, 6) is 0.0249. The van der Waals surface area contributed by atoms with Crippen LogP contribution in [-0.4, -0.2) is 5.91 Å². The number of allylic oxidation sites excluding steroid dienone is 2. The van der Waals surface area contributed by atoms with E-state index in [2.05, 4.69) is 32.2 Å². The normalized spacial score (nSPS) is 28.0. The van der Waals surface area contributed by atoms with Gasteiger partial charge in [-0.25, -0.2) is 0 Å². The highest BCUT2D eigenvalue weighted by molar-refractivity contribution is 6.04. The molecule has 1 N–H and O–H groups in total. The van der Waals surface area contributed by atoms with Crippen LogP contribution in [0.2, 0.25) is 0 Å². The van der Waals surface area contributed by atoms with Crippen molar-refractivity contribution < 1.29 is 4.79 Å². The quantitative estimate of drug-likeness (QED) is 0.652. The Balaban J connectivity index is 2.57. The van der Waals surface area contributed by atoms with Gasteiger partial charge in [-0.15, -0.1) is 0 Å². The Bertz CT molecular complexity index is 435. The molecular formula is C12H14N2O. The molecule has 3 nitrogen and oxygen atoms in total. The second-order valence-electron chi connectivity index (χ2n) is 5.01. The molecule has 0 fully saturated rings. The first-order valence-electron chi connectivity index (χ1n) is 5.13. The summed E-state index contributed by atoms with van der Waals surface area (Å²) < 4.78 is 0. The molecule has 1 heterocycles. The Morgan fingerprint density at radius 1 is 1.60 bits per heavy atom. The molecule has 0 bridgehead atoms. The second kappa shape index (κ2) is 2.96. The molecule has 0 saturated heterocycles. The van der Waals surface area contributed by atoms with Crippen LogP contribution in [0.15, 0.2) is 22.9 Å². The number of carbonyl (C=O) groups excluding carboxylic acids is 1. The molecule has 3 heteroatoms. The van der Waals surface area contributed by atoms with Crippen LogP contribution in [0.4, 0.5) is 0 Å². The van der Waals surface area contributed by atoms with E-state index in [9.17, 15) is 4.79 Å². The molecular weight excluding hydrogens is 188 g/mol. The number of nitrogens with zero attached hydrogens (tertiary/aromatic N) is 1. The molecule has 1 unspecified atom stereocenters. The Labute approximate surface area is 89.5 Å². The van der Waals surface area contributed by atoms with Crippen LogP contribution in [0.1, 0.15) is 27.2 Å². The zero-order valence-corrected chi connectivity index (χ0v) is 9.22. The minimum atomic E-state index is -0.247. The van der Waals surface area contributed by atoms with Gasteiger partial charge in [0.05, 0.1) is 0 Å². The fourth-order valence-electron chi connectivity index (χ4n) is 2.59. The van der Waals surface area contributed by atoms with Crippen LogP contribution < -0.4 is 5.32 Å². The Morgan fingerprint density at radius 3 is 2.87 bits per heavy atom. The van der Waals surface area contributed by atoms with Gasteiger partial charge in [-0.05, 0) is 17.8 Å². The maximum Gasteiger partial charge on any atom is 0.266 e. The van der Waals surface area contributed by atoms with Crippen LogP contribution in [0, 0.1) is 22.7 Å². The van der Waals surface area contributed by atoms with E-state index in [0.717, 1.165) is 17.7 Å². The topological polar surface area (TPSA) is 52.9 Å². The molecule has 0 aromatic rings. The van der Waals surface area contributed by atoms with E-state index in [1.807, 2.05) is 6.07 Å². The number of rotatable bonds is 0.